The summed E-state index contributed by atoms with van der Waals surface area (Å²) in [5.74, 6) is 0.220. The molecule has 3 rings (SSSR count). The van der Waals surface area contributed by atoms with Gasteiger partial charge in [-0.2, -0.15) is 0 Å². The van der Waals surface area contributed by atoms with Crippen molar-refractivity contribution in [1.82, 2.24) is 9.88 Å². The normalized spacial score (nSPS) is 26.5. The minimum atomic E-state index is 0.220. The van der Waals surface area contributed by atoms with Crippen LogP contribution in [0, 0.1) is 16.3 Å². The van der Waals surface area contributed by atoms with Crippen molar-refractivity contribution in [2.24, 2.45) is 5.41 Å². The topological polar surface area (TPSA) is 45.3 Å². The number of H-pyrrole nitrogens is 1. The van der Waals surface area contributed by atoms with Crippen molar-refractivity contribution in [1.29, 1.82) is 0 Å². The average molecular weight is 298 g/mol. The number of amides is 1. The second-order valence-electron chi connectivity index (χ2n) is 5.61. The highest BCUT2D eigenvalue weighted by molar-refractivity contribution is 7.73. The van der Waals surface area contributed by atoms with E-state index in [9.17, 15) is 4.79 Å². The minimum Gasteiger partial charge on any atom is -0.381 e. The number of thiazole rings is 1. The predicted octanol–water partition coefficient (Wildman–Crippen LogP) is 2.30. The van der Waals surface area contributed by atoms with Gasteiger partial charge in [-0.05, 0) is 32.0 Å². The van der Waals surface area contributed by atoms with Crippen LogP contribution in [-0.4, -0.2) is 42.1 Å². The second-order valence-corrected chi connectivity index (χ2v) is 7.38. The molecule has 0 aliphatic carbocycles. The number of carbonyl (C=O) groups excluding carboxylic acids is 1. The molecule has 1 unspecified atom stereocenters. The SMILES string of the molecule is Cc1[nH]c(=S)sc1CC(=O)N1CCC2(CCOC2)C1. The smallest absolute Gasteiger partial charge is 0.227 e. The molecule has 1 spiro atoms. The Bertz CT molecular complexity index is 543. The molecule has 0 aromatic carbocycles. The summed E-state index contributed by atoms with van der Waals surface area (Å²) in [6, 6.07) is 0. The van der Waals surface area contributed by atoms with Gasteiger partial charge in [0.1, 0.15) is 0 Å². The van der Waals surface area contributed by atoms with Gasteiger partial charge in [0.25, 0.3) is 0 Å². The van der Waals surface area contributed by atoms with Gasteiger partial charge in [-0.1, -0.05) is 0 Å². The first-order valence-corrected chi connectivity index (χ1v) is 7.85. The third kappa shape index (κ3) is 2.61. The van der Waals surface area contributed by atoms with Gasteiger partial charge in [0.2, 0.25) is 5.91 Å². The van der Waals surface area contributed by atoms with Gasteiger partial charge in [0.15, 0.2) is 3.95 Å². The van der Waals surface area contributed by atoms with E-state index >= 15 is 0 Å². The molecular formula is C13H18N2O2S2. The Morgan fingerprint density at radius 2 is 2.42 bits per heavy atom. The summed E-state index contributed by atoms with van der Waals surface area (Å²) in [5, 5.41) is 0. The van der Waals surface area contributed by atoms with Crippen molar-refractivity contribution in [3.05, 3.63) is 14.5 Å². The number of aromatic amines is 1. The number of hydrogen-bond acceptors (Lipinski definition) is 4. The Morgan fingerprint density at radius 3 is 3.05 bits per heavy atom. The van der Waals surface area contributed by atoms with Crippen molar-refractivity contribution in [2.75, 3.05) is 26.3 Å². The fourth-order valence-corrected chi connectivity index (χ4v) is 4.26. The first kappa shape index (κ1) is 13.3. The summed E-state index contributed by atoms with van der Waals surface area (Å²) >= 11 is 6.62. The number of nitrogens with zero attached hydrogens (tertiary/aromatic N) is 1. The highest BCUT2D eigenvalue weighted by Crippen LogP contribution is 2.38. The van der Waals surface area contributed by atoms with Crippen LogP contribution in [0.4, 0.5) is 0 Å². The molecule has 4 nitrogen and oxygen atoms in total. The van der Waals surface area contributed by atoms with E-state index in [0.29, 0.717) is 6.42 Å². The molecule has 6 heteroatoms. The Morgan fingerprint density at radius 1 is 1.58 bits per heavy atom. The van der Waals surface area contributed by atoms with Gasteiger partial charge in [-0.15, -0.1) is 11.3 Å². The van der Waals surface area contributed by atoms with E-state index in [4.69, 9.17) is 17.0 Å². The van der Waals surface area contributed by atoms with Crippen LogP contribution in [0.15, 0.2) is 0 Å². The van der Waals surface area contributed by atoms with E-state index < -0.39 is 0 Å². The third-order valence-corrected chi connectivity index (χ3v) is 5.55. The molecule has 0 radical (unpaired) electrons. The van der Waals surface area contributed by atoms with Crippen LogP contribution in [0.5, 0.6) is 0 Å². The van der Waals surface area contributed by atoms with Crippen molar-refractivity contribution in [3.8, 4) is 0 Å². The molecule has 1 aromatic rings. The standard InChI is InChI=1S/C13H18N2O2S2/c1-9-10(19-12(18)14-9)6-11(16)15-4-2-13(7-15)3-5-17-8-13/h2-8H2,1H3,(H,14,18). The molecule has 0 saturated carbocycles. The number of aryl methyl sites for hydroxylation is 1. The van der Waals surface area contributed by atoms with Crippen LogP contribution < -0.4 is 0 Å². The number of hydrogen-bond donors (Lipinski definition) is 1. The fraction of sp³-hybridized carbons (Fsp3) is 0.692. The molecule has 1 atom stereocenters. The zero-order valence-corrected chi connectivity index (χ0v) is 12.7. The number of ether oxygens (including phenoxy) is 1. The van der Waals surface area contributed by atoms with Gasteiger partial charge in [0, 0.05) is 35.7 Å². The maximum absolute atomic E-state index is 12.4. The van der Waals surface area contributed by atoms with Crippen LogP contribution in [0.25, 0.3) is 0 Å². The predicted molar refractivity (Wildman–Crippen MR) is 77.0 cm³/mol. The zero-order valence-electron chi connectivity index (χ0n) is 11.0. The van der Waals surface area contributed by atoms with Crippen molar-refractivity contribution in [3.63, 3.8) is 0 Å². The highest BCUT2D eigenvalue weighted by Gasteiger charge is 2.42. The van der Waals surface area contributed by atoms with Gasteiger partial charge < -0.3 is 14.6 Å². The van der Waals surface area contributed by atoms with Gasteiger partial charge in [-0.3, -0.25) is 4.79 Å². The summed E-state index contributed by atoms with van der Waals surface area (Å²) in [4.78, 5) is 18.5. The van der Waals surface area contributed by atoms with E-state index in [2.05, 4.69) is 4.98 Å². The van der Waals surface area contributed by atoms with Crippen LogP contribution in [-0.2, 0) is 16.0 Å². The van der Waals surface area contributed by atoms with Gasteiger partial charge in [-0.25, -0.2) is 0 Å². The van der Waals surface area contributed by atoms with Crippen LogP contribution in [0.2, 0.25) is 0 Å². The van der Waals surface area contributed by atoms with E-state index in [1.807, 2.05) is 11.8 Å². The summed E-state index contributed by atoms with van der Waals surface area (Å²) in [7, 11) is 0. The van der Waals surface area contributed by atoms with Crippen molar-refractivity contribution >= 4 is 29.5 Å². The Balaban J connectivity index is 1.65. The number of carbonyl (C=O) groups is 1. The number of rotatable bonds is 2. The molecular weight excluding hydrogens is 280 g/mol. The van der Waals surface area contributed by atoms with E-state index in [0.717, 1.165) is 53.7 Å². The first-order chi connectivity index (χ1) is 9.08. The van der Waals surface area contributed by atoms with E-state index in [1.54, 1.807) is 0 Å². The van der Waals surface area contributed by atoms with Crippen molar-refractivity contribution < 1.29 is 9.53 Å². The lowest BCUT2D eigenvalue weighted by molar-refractivity contribution is -0.129. The third-order valence-electron chi connectivity index (χ3n) is 4.21. The largest absolute Gasteiger partial charge is 0.381 e. The minimum absolute atomic E-state index is 0.220. The molecule has 1 aromatic heterocycles. The Labute approximate surface area is 121 Å². The molecule has 2 saturated heterocycles. The van der Waals surface area contributed by atoms with Gasteiger partial charge >= 0.3 is 0 Å². The second kappa shape index (κ2) is 5.00. The average Bonchev–Trinajstić information content (AvgIpc) is 3.05. The van der Waals surface area contributed by atoms with Crippen molar-refractivity contribution in [2.45, 2.75) is 26.2 Å². The summed E-state index contributed by atoms with van der Waals surface area (Å²) in [6.45, 7) is 5.38. The van der Waals surface area contributed by atoms with Crippen LogP contribution in [0.3, 0.4) is 0 Å². The van der Waals surface area contributed by atoms with E-state index in [-0.39, 0.29) is 11.3 Å². The van der Waals surface area contributed by atoms with Gasteiger partial charge in [0.05, 0.1) is 13.0 Å². The summed E-state index contributed by atoms with van der Waals surface area (Å²) in [5.41, 5.74) is 1.27. The van der Waals surface area contributed by atoms with Crippen LogP contribution >= 0.6 is 23.6 Å². The number of aromatic nitrogens is 1. The first-order valence-electron chi connectivity index (χ1n) is 6.62. The maximum Gasteiger partial charge on any atom is 0.227 e. The quantitative estimate of drug-likeness (QED) is 0.852. The zero-order chi connectivity index (χ0) is 13.5. The summed E-state index contributed by atoms with van der Waals surface area (Å²) in [6.07, 6.45) is 2.65. The molecule has 104 valence electrons. The molecule has 1 N–H and O–H groups in total. The lowest BCUT2D eigenvalue weighted by atomic mass is 9.87. The number of likely N-dealkylation sites (tertiary alicyclic amines) is 1. The Kier molecular flexibility index (Phi) is 3.49. The molecule has 1 amide bonds. The monoisotopic (exact) mass is 298 g/mol. The fourth-order valence-electron chi connectivity index (χ4n) is 2.97. The summed E-state index contributed by atoms with van der Waals surface area (Å²) < 4.78 is 6.25. The molecule has 2 aliphatic rings. The lowest BCUT2D eigenvalue weighted by Gasteiger charge is -2.21. The van der Waals surface area contributed by atoms with E-state index in [1.165, 1.54) is 11.3 Å². The lowest BCUT2D eigenvalue weighted by Crippen LogP contribution is -2.33. The molecule has 3 heterocycles. The molecule has 19 heavy (non-hydrogen) atoms. The number of nitrogens with one attached hydrogen (secondary N) is 1. The molecule has 2 fully saturated rings. The van der Waals surface area contributed by atoms with Crippen LogP contribution in [0.1, 0.15) is 23.4 Å². The Hall–Kier alpha value is -0.720. The molecule has 2 aliphatic heterocycles. The highest BCUT2D eigenvalue weighted by atomic mass is 32.1. The maximum atomic E-state index is 12.4. The molecule has 0 bridgehead atoms.